The van der Waals surface area contributed by atoms with Crippen LogP contribution in [-0.2, 0) is 9.59 Å². The number of anilines is 2. The summed E-state index contributed by atoms with van der Waals surface area (Å²) in [4.78, 5) is 50.8. The van der Waals surface area contributed by atoms with E-state index in [0.29, 0.717) is 44.5 Å². The van der Waals surface area contributed by atoms with Gasteiger partial charge in [0.15, 0.2) is 11.5 Å². The molecule has 3 amide bonds. The quantitative estimate of drug-likeness (QED) is 0.0693. The topological polar surface area (TPSA) is 149 Å². The molecule has 4 aromatic carbocycles. The number of methoxy groups -OCH3 is 2. The van der Waals surface area contributed by atoms with Gasteiger partial charge in [0.1, 0.15) is 5.70 Å². The highest BCUT2D eigenvalue weighted by Gasteiger charge is 2.19. The van der Waals surface area contributed by atoms with E-state index in [0.717, 1.165) is 0 Å². The summed E-state index contributed by atoms with van der Waals surface area (Å²) in [6.07, 6.45) is 1.50. The number of hydrogen-bond donors (Lipinski definition) is 3. The number of nitrogens with zero attached hydrogens (tertiary/aromatic N) is 1. The number of amides is 3. The predicted molar refractivity (Wildman–Crippen MR) is 178 cm³/mol. The largest absolute Gasteiger partial charge is 0.493 e. The van der Waals surface area contributed by atoms with Gasteiger partial charge in [0.25, 0.3) is 17.5 Å². The van der Waals surface area contributed by atoms with Crippen LogP contribution in [0.2, 0.25) is 0 Å². The van der Waals surface area contributed by atoms with Gasteiger partial charge in [0, 0.05) is 39.5 Å². The van der Waals surface area contributed by atoms with Crippen LogP contribution in [0.25, 0.3) is 6.08 Å². The van der Waals surface area contributed by atoms with Crippen LogP contribution in [0.1, 0.15) is 28.4 Å². The number of non-ortho nitro benzene ring substituents is 1. The van der Waals surface area contributed by atoms with Gasteiger partial charge in [0.05, 0.1) is 24.4 Å². The summed E-state index contributed by atoms with van der Waals surface area (Å²) in [7, 11) is 2.98. The molecule has 236 valence electrons. The lowest BCUT2D eigenvalue weighted by Gasteiger charge is -2.15. The zero-order chi connectivity index (χ0) is 33.2. The average molecular weight is 641 g/mol. The Morgan fingerprint density at radius 1 is 0.891 bits per heavy atom. The molecule has 0 saturated heterocycles. The number of rotatable bonds is 12. The third-order valence-corrected chi connectivity index (χ3v) is 7.81. The SMILES string of the molecule is COc1cccc(/C=C(/NC(=O)c2ccccc2)C(=O)Nc2cccc(SC(C)C(=O)Nc3ccc([N+](=O)[O-])cc3C)c2)c1OC. The van der Waals surface area contributed by atoms with Crippen molar-refractivity contribution in [2.75, 3.05) is 24.9 Å². The van der Waals surface area contributed by atoms with E-state index in [-0.39, 0.29) is 17.3 Å². The van der Waals surface area contributed by atoms with Crippen molar-refractivity contribution in [3.05, 3.63) is 123 Å². The van der Waals surface area contributed by atoms with Gasteiger partial charge in [-0.15, -0.1) is 11.8 Å². The standard InChI is InChI=1S/C34H32N4O7S/c1-21-18-26(38(42)43)16-17-28(21)36-32(39)22(2)46-27-14-9-13-25(20-27)35-34(41)29(37-33(40)23-10-6-5-7-11-23)19-24-12-8-15-30(44-3)31(24)45-4/h5-20,22H,1-4H3,(H,35,41)(H,36,39)(H,37,40)/b29-19+. The van der Waals surface area contributed by atoms with Gasteiger partial charge in [-0.3, -0.25) is 24.5 Å². The molecule has 1 atom stereocenters. The smallest absolute Gasteiger partial charge is 0.272 e. The molecule has 0 saturated carbocycles. The number of ether oxygens (including phenoxy) is 2. The maximum Gasteiger partial charge on any atom is 0.272 e. The predicted octanol–water partition coefficient (Wildman–Crippen LogP) is 6.45. The zero-order valence-corrected chi connectivity index (χ0v) is 26.3. The summed E-state index contributed by atoms with van der Waals surface area (Å²) in [5.74, 6) is -0.514. The van der Waals surface area contributed by atoms with Crippen molar-refractivity contribution >= 4 is 52.6 Å². The van der Waals surface area contributed by atoms with E-state index in [4.69, 9.17) is 9.47 Å². The molecule has 12 heteroatoms. The summed E-state index contributed by atoms with van der Waals surface area (Å²) in [5.41, 5.74) is 2.27. The van der Waals surface area contributed by atoms with Gasteiger partial charge in [-0.2, -0.15) is 0 Å². The van der Waals surface area contributed by atoms with Crippen molar-refractivity contribution in [3.8, 4) is 11.5 Å². The van der Waals surface area contributed by atoms with Crippen molar-refractivity contribution in [2.24, 2.45) is 0 Å². The van der Waals surface area contributed by atoms with E-state index in [1.165, 1.54) is 50.3 Å². The molecule has 0 bridgehead atoms. The molecule has 0 aliphatic rings. The molecule has 11 nitrogen and oxygen atoms in total. The van der Waals surface area contributed by atoms with Crippen LogP contribution in [0.3, 0.4) is 0 Å². The molecule has 4 rings (SSSR count). The summed E-state index contributed by atoms with van der Waals surface area (Å²) < 4.78 is 10.9. The fraction of sp³-hybridized carbons (Fsp3) is 0.147. The van der Waals surface area contributed by atoms with E-state index in [9.17, 15) is 24.5 Å². The zero-order valence-electron chi connectivity index (χ0n) is 25.5. The monoisotopic (exact) mass is 640 g/mol. The summed E-state index contributed by atoms with van der Waals surface area (Å²) in [5, 5.41) is 18.8. The molecule has 3 N–H and O–H groups in total. The Balaban J connectivity index is 1.52. The number of hydrogen-bond acceptors (Lipinski definition) is 8. The van der Waals surface area contributed by atoms with Gasteiger partial charge in [-0.05, 0) is 68.0 Å². The van der Waals surface area contributed by atoms with Crippen molar-refractivity contribution in [1.82, 2.24) is 5.32 Å². The molecule has 0 aliphatic carbocycles. The lowest BCUT2D eigenvalue weighted by atomic mass is 10.1. The first-order valence-electron chi connectivity index (χ1n) is 14.0. The van der Waals surface area contributed by atoms with Gasteiger partial charge >= 0.3 is 0 Å². The second-order valence-corrected chi connectivity index (χ2v) is 11.4. The summed E-state index contributed by atoms with van der Waals surface area (Å²) in [6, 6.07) is 24.9. The van der Waals surface area contributed by atoms with Crippen LogP contribution in [0.5, 0.6) is 11.5 Å². The van der Waals surface area contributed by atoms with Crippen molar-refractivity contribution in [1.29, 1.82) is 0 Å². The number of aryl methyl sites for hydroxylation is 1. The Labute approximate surface area is 270 Å². The van der Waals surface area contributed by atoms with Crippen molar-refractivity contribution < 1.29 is 28.8 Å². The molecule has 0 aromatic heterocycles. The molecule has 1 unspecified atom stereocenters. The van der Waals surface area contributed by atoms with Crippen LogP contribution < -0.4 is 25.4 Å². The molecule has 46 heavy (non-hydrogen) atoms. The lowest BCUT2D eigenvalue weighted by molar-refractivity contribution is -0.384. The highest BCUT2D eigenvalue weighted by molar-refractivity contribution is 8.00. The third kappa shape index (κ3) is 8.51. The summed E-state index contributed by atoms with van der Waals surface area (Å²) in [6.45, 7) is 3.41. The van der Waals surface area contributed by atoms with E-state index >= 15 is 0 Å². The molecule has 0 spiro atoms. The highest BCUT2D eigenvalue weighted by atomic mass is 32.2. The lowest BCUT2D eigenvalue weighted by Crippen LogP contribution is -2.30. The number of para-hydroxylation sites is 1. The van der Waals surface area contributed by atoms with E-state index in [2.05, 4.69) is 16.0 Å². The van der Waals surface area contributed by atoms with E-state index in [1.54, 1.807) is 86.6 Å². The number of nitro benzene ring substituents is 1. The Hall–Kier alpha value is -5.62. The minimum absolute atomic E-state index is 0.0373. The van der Waals surface area contributed by atoms with Crippen LogP contribution in [0.4, 0.5) is 17.1 Å². The number of benzene rings is 4. The molecule has 0 heterocycles. The van der Waals surface area contributed by atoms with Crippen LogP contribution in [-0.4, -0.2) is 42.1 Å². The van der Waals surface area contributed by atoms with Crippen molar-refractivity contribution in [2.45, 2.75) is 24.0 Å². The fourth-order valence-electron chi connectivity index (χ4n) is 4.36. The molecule has 4 aromatic rings. The second-order valence-electron chi connectivity index (χ2n) is 9.95. The Morgan fingerprint density at radius 3 is 2.30 bits per heavy atom. The first-order valence-corrected chi connectivity index (χ1v) is 14.9. The third-order valence-electron chi connectivity index (χ3n) is 6.71. The Bertz CT molecular complexity index is 1790. The highest BCUT2D eigenvalue weighted by Crippen LogP contribution is 2.32. The van der Waals surface area contributed by atoms with E-state index < -0.39 is 22.0 Å². The van der Waals surface area contributed by atoms with Crippen LogP contribution in [0, 0.1) is 17.0 Å². The first-order chi connectivity index (χ1) is 22.1. The maximum atomic E-state index is 13.6. The number of carbonyl (C=O) groups excluding carboxylic acids is 3. The average Bonchev–Trinajstić information content (AvgIpc) is 3.05. The minimum Gasteiger partial charge on any atom is -0.493 e. The number of nitro groups is 1. The summed E-state index contributed by atoms with van der Waals surface area (Å²) >= 11 is 1.27. The molecule has 0 aliphatic heterocycles. The minimum atomic E-state index is -0.587. The Kier molecular flexibility index (Phi) is 11.1. The van der Waals surface area contributed by atoms with Crippen molar-refractivity contribution in [3.63, 3.8) is 0 Å². The second kappa shape index (κ2) is 15.4. The van der Waals surface area contributed by atoms with E-state index in [1.807, 2.05) is 0 Å². The van der Waals surface area contributed by atoms with Gasteiger partial charge in [0.2, 0.25) is 5.91 Å². The van der Waals surface area contributed by atoms with Gasteiger partial charge in [-0.1, -0.05) is 36.4 Å². The van der Waals surface area contributed by atoms with Crippen LogP contribution in [0.15, 0.2) is 102 Å². The molecular formula is C34H32N4O7S. The van der Waals surface area contributed by atoms with Gasteiger partial charge in [-0.25, -0.2) is 0 Å². The number of thioether (sulfide) groups is 1. The number of nitrogens with one attached hydrogen (secondary N) is 3. The normalized spacial score (nSPS) is 11.6. The fourth-order valence-corrected chi connectivity index (χ4v) is 5.29. The molecular weight excluding hydrogens is 608 g/mol. The number of carbonyl (C=O) groups is 3. The molecule has 0 fully saturated rings. The maximum absolute atomic E-state index is 13.6. The van der Waals surface area contributed by atoms with Gasteiger partial charge < -0.3 is 25.4 Å². The van der Waals surface area contributed by atoms with Crippen LogP contribution >= 0.6 is 11.8 Å². The first kappa shape index (κ1) is 33.3. The Morgan fingerprint density at radius 2 is 1.63 bits per heavy atom. The molecule has 0 radical (unpaired) electrons.